The first-order chi connectivity index (χ1) is 16.7. The van der Waals surface area contributed by atoms with Gasteiger partial charge in [-0.2, -0.15) is 0 Å². The summed E-state index contributed by atoms with van der Waals surface area (Å²) in [5.41, 5.74) is 2.71. The molecule has 2 heterocycles. The molecule has 4 N–H and O–H groups in total. The van der Waals surface area contributed by atoms with E-state index in [1.165, 1.54) is 6.07 Å². The van der Waals surface area contributed by atoms with Crippen LogP contribution in [0.2, 0.25) is 0 Å². The van der Waals surface area contributed by atoms with Crippen molar-refractivity contribution >= 4 is 16.6 Å². The Hall–Kier alpha value is -3.42. The number of halogens is 2. The SMILES string of the molecule is COc1ccc(CN[C@H]2c3c(cc(F)c(-c4cccc5c(C)c[nH]c45)c3F)NC(C)(C)C2O)cc1. The quantitative estimate of drug-likeness (QED) is 0.292. The summed E-state index contributed by atoms with van der Waals surface area (Å²) in [6.07, 6.45) is 0.861. The molecule has 1 aliphatic rings. The van der Waals surface area contributed by atoms with Crippen LogP contribution in [0.15, 0.2) is 54.7 Å². The second-order valence-electron chi connectivity index (χ2n) is 9.71. The minimum atomic E-state index is -0.968. The number of nitrogens with one attached hydrogen (secondary N) is 3. The summed E-state index contributed by atoms with van der Waals surface area (Å²) in [6, 6.07) is 13.5. The molecule has 4 aromatic rings. The zero-order chi connectivity index (χ0) is 24.9. The van der Waals surface area contributed by atoms with Crippen molar-refractivity contribution in [2.75, 3.05) is 12.4 Å². The van der Waals surface area contributed by atoms with Crippen molar-refractivity contribution in [3.05, 3.63) is 83.1 Å². The van der Waals surface area contributed by atoms with Crippen molar-refractivity contribution in [2.45, 2.75) is 45.0 Å². The number of aryl methyl sites for hydroxylation is 1. The molecule has 1 aromatic heterocycles. The Morgan fingerprint density at radius 3 is 2.57 bits per heavy atom. The van der Waals surface area contributed by atoms with E-state index in [-0.39, 0.29) is 11.1 Å². The van der Waals surface area contributed by atoms with Gasteiger partial charge in [0, 0.05) is 34.9 Å². The van der Waals surface area contributed by atoms with Gasteiger partial charge in [-0.3, -0.25) is 0 Å². The van der Waals surface area contributed by atoms with Crippen molar-refractivity contribution < 1.29 is 18.6 Å². The number of fused-ring (bicyclic) bond motifs is 2. The molecule has 0 radical (unpaired) electrons. The summed E-state index contributed by atoms with van der Waals surface area (Å²) in [5, 5.41) is 18.6. The van der Waals surface area contributed by atoms with Gasteiger partial charge < -0.3 is 25.5 Å². The highest BCUT2D eigenvalue weighted by Crippen LogP contribution is 2.44. The fraction of sp³-hybridized carbons (Fsp3) is 0.286. The normalized spacial score (nSPS) is 18.8. The van der Waals surface area contributed by atoms with E-state index in [4.69, 9.17) is 4.74 Å². The average molecular weight is 478 g/mol. The molecule has 182 valence electrons. The van der Waals surface area contributed by atoms with Crippen molar-refractivity contribution in [3.63, 3.8) is 0 Å². The molecule has 0 aliphatic carbocycles. The van der Waals surface area contributed by atoms with Crippen LogP contribution in [0, 0.1) is 18.6 Å². The van der Waals surface area contributed by atoms with E-state index in [1.54, 1.807) is 19.2 Å². The lowest BCUT2D eigenvalue weighted by molar-refractivity contribution is 0.0663. The van der Waals surface area contributed by atoms with Crippen molar-refractivity contribution in [2.24, 2.45) is 0 Å². The third-order valence-corrected chi connectivity index (χ3v) is 6.96. The predicted octanol–water partition coefficient (Wildman–Crippen LogP) is 5.83. The summed E-state index contributed by atoms with van der Waals surface area (Å²) in [4.78, 5) is 3.15. The number of benzene rings is 3. The van der Waals surface area contributed by atoms with E-state index in [0.717, 1.165) is 22.3 Å². The molecular formula is C28H29F2N3O2. The first-order valence-electron chi connectivity index (χ1n) is 11.6. The van der Waals surface area contributed by atoms with Crippen LogP contribution in [0.4, 0.5) is 14.5 Å². The standard InChI is InChI=1S/C28H29F2N3O2/c1-15-13-31-25-18(15)6-5-7-19(25)22-20(29)12-21-23(24(22)30)26(27(34)28(2,3)33-21)32-14-16-8-10-17(35-4)11-9-16/h5-13,26-27,31-34H,14H2,1-4H3/t26-,27?/m0/s1. The van der Waals surface area contributed by atoms with Crippen LogP contribution < -0.4 is 15.4 Å². The number of aromatic amines is 1. The molecule has 0 saturated carbocycles. The Balaban J connectivity index is 1.61. The number of hydrogen-bond acceptors (Lipinski definition) is 4. The number of anilines is 1. The third kappa shape index (κ3) is 3.94. The van der Waals surface area contributed by atoms with Crippen LogP contribution in [0.1, 0.15) is 36.6 Å². The molecule has 2 atom stereocenters. The lowest BCUT2D eigenvalue weighted by Crippen LogP contribution is -2.54. The fourth-order valence-corrected chi connectivity index (χ4v) is 4.97. The Kier molecular flexibility index (Phi) is 5.77. The number of para-hydroxylation sites is 1. The molecule has 5 nitrogen and oxygen atoms in total. The number of ether oxygens (including phenoxy) is 1. The number of rotatable bonds is 5. The minimum Gasteiger partial charge on any atom is -0.497 e. The van der Waals surface area contributed by atoms with E-state index in [0.29, 0.717) is 23.3 Å². The lowest BCUT2D eigenvalue weighted by atomic mass is 9.80. The van der Waals surface area contributed by atoms with Gasteiger partial charge in [-0.1, -0.05) is 30.3 Å². The Bertz CT molecular complexity index is 1400. The zero-order valence-electron chi connectivity index (χ0n) is 20.2. The van der Waals surface area contributed by atoms with Gasteiger partial charge in [0.15, 0.2) is 0 Å². The van der Waals surface area contributed by atoms with Crippen LogP contribution in [-0.4, -0.2) is 28.8 Å². The molecule has 0 fully saturated rings. The monoisotopic (exact) mass is 477 g/mol. The second-order valence-corrected chi connectivity index (χ2v) is 9.71. The molecule has 5 rings (SSSR count). The number of methoxy groups -OCH3 is 1. The number of aliphatic hydroxyl groups excluding tert-OH is 1. The topological polar surface area (TPSA) is 69.3 Å². The predicted molar refractivity (Wildman–Crippen MR) is 135 cm³/mol. The summed E-state index contributed by atoms with van der Waals surface area (Å²) in [6.45, 7) is 5.96. The number of aliphatic hydroxyl groups is 1. The summed E-state index contributed by atoms with van der Waals surface area (Å²) in [5.74, 6) is -0.606. The van der Waals surface area contributed by atoms with Gasteiger partial charge in [0.1, 0.15) is 17.4 Å². The maximum Gasteiger partial charge on any atom is 0.140 e. The van der Waals surface area contributed by atoms with Crippen molar-refractivity contribution in [1.82, 2.24) is 10.3 Å². The summed E-state index contributed by atoms with van der Waals surface area (Å²) < 4.78 is 37.0. The molecule has 3 aromatic carbocycles. The van der Waals surface area contributed by atoms with E-state index in [1.807, 2.05) is 57.3 Å². The average Bonchev–Trinajstić information content (AvgIpc) is 3.21. The van der Waals surface area contributed by atoms with Gasteiger partial charge in [0.25, 0.3) is 0 Å². The van der Waals surface area contributed by atoms with Crippen molar-refractivity contribution in [3.8, 4) is 16.9 Å². The molecule has 0 spiro atoms. The van der Waals surface area contributed by atoms with Crippen molar-refractivity contribution in [1.29, 1.82) is 0 Å². The second kappa shape index (κ2) is 8.66. The zero-order valence-corrected chi connectivity index (χ0v) is 20.2. The van der Waals surface area contributed by atoms with Gasteiger partial charge in [-0.05, 0) is 50.1 Å². The first kappa shape index (κ1) is 23.3. The number of hydrogen-bond donors (Lipinski definition) is 4. The van der Waals surface area contributed by atoms with Crippen LogP contribution in [-0.2, 0) is 6.54 Å². The number of aromatic nitrogens is 1. The maximum atomic E-state index is 16.3. The van der Waals surface area contributed by atoms with Crippen LogP contribution >= 0.6 is 0 Å². The Labute approximate surface area is 203 Å². The van der Waals surface area contributed by atoms with Crippen LogP contribution in [0.5, 0.6) is 5.75 Å². The van der Waals surface area contributed by atoms with Gasteiger partial charge >= 0.3 is 0 Å². The Morgan fingerprint density at radius 1 is 1.11 bits per heavy atom. The highest BCUT2D eigenvalue weighted by Gasteiger charge is 2.43. The van der Waals surface area contributed by atoms with E-state index in [2.05, 4.69) is 15.6 Å². The molecule has 0 saturated heterocycles. The highest BCUT2D eigenvalue weighted by molar-refractivity contribution is 5.96. The van der Waals surface area contributed by atoms with Gasteiger partial charge in [-0.15, -0.1) is 0 Å². The summed E-state index contributed by atoms with van der Waals surface area (Å²) >= 11 is 0. The molecule has 35 heavy (non-hydrogen) atoms. The third-order valence-electron chi connectivity index (χ3n) is 6.96. The smallest absolute Gasteiger partial charge is 0.140 e. The van der Waals surface area contributed by atoms with Crippen LogP contribution in [0.25, 0.3) is 22.0 Å². The highest BCUT2D eigenvalue weighted by atomic mass is 19.1. The van der Waals surface area contributed by atoms with E-state index in [9.17, 15) is 5.11 Å². The molecule has 0 amide bonds. The van der Waals surface area contributed by atoms with Gasteiger partial charge in [0.05, 0.1) is 35.9 Å². The number of H-pyrrole nitrogens is 1. The largest absolute Gasteiger partial charge is 0.497 e. The molecule has 7 heteroatoms. The lowest BCUT2D eigenvalue weighted by Gasteiger charge is -2.44. The first-order valence-corrected chi connectivity index (χ1v) is 11.6. The molecule has 0 bridgehead atoms. The molecule has 1 aliphatic heterocycles. The van der Waals surface area contributed by atoms with Gasteiger partial charge in [0.2, 0.25) is 0 Å². The molecule has 1 unspecified atom stereocenters. The van der Waals surface area contributed by atoms with Gasteiger partial charge in [-0.25, -0.2) is 8.78 Å². The van der Waals surface area contributed by atoms with E-state index < -0.39 is 29.3 Å². The minimum absolute atomic E-state index is 0.110. The fourth-order valence-electron chi connectivity index (χ4n) is 4.97. The molecular weight excluding hydrogens is 448 g/mol. The maximum absolute atomic E-state index is 16.3. The Morgan fingerprint density at radius 2 is 1.86 bits per heavy atom. The van der Waals surface area contributed by atoms with E-state index >= 15 is 8.78 Å². The van der Waals surface area contributed by atoms with Crippen LogP contribution in [0.3, 0.4) is 0 Å². The summed E-state index contributed by atoms with van der Waals surface area (Å²) in [7, 11) is 1.60.